The summed E-state index contributed by atoms with van der Waals surface area (Å²) in [6.07, 6.45) is 0. The van der Waals surface area contributed by atoms with Crippen molar-refractivity contribution in [2.24, 2.45) is 0 Å². The highest BCUT2D eigenvalue weighted by Crippen LogP contribution is 2.27. The normalized spacial score (nSPS) is 11.1. The molecule has 0 fully saturated rings. The van der Waals surface area contributed by atoms with E-state index in [0.29, 0.717) is 16.9 Å². The number of carbonyl (C=O) groups is 2. The molecule has 0 aliphatic carbocycles. The van der Waals surface area contributed by atoms with Crippen molar-refractivity contribution in [2.75, 3.05) is 10.0 Å². The minimum atomic E-state index is -4.04. The van der Waals surface area contributed by atoms with Crippen molar-refractivity contribution >= 4 is 44.7 Å². The second-order valence-corrected chi connectivity index (χ2v) is 9.22. The number of halogens is 1. The lowest BCUT2D eigenvalue weighted by Gasteiger charge is -2.13. The maximum atomic E-state index is 13.0. The van der Waals surface area contributed by atoms with E-state index in [0.717, 1.165) is 11.1 Å². The number of ketones is 1. The summed E-state index contributed by atoms with van der Waals surface area (Å²) in [5.74, 6) is -0.658. The largest absolute Gasteiger partial charge is 0.322 e. The smallest absolute Gasteiger partial charge is 0.263 e. The van der Waals surface area contributed by atoms with Gasteiger partial charge in [-0.25, -0.2) is 8.42 Å². The SMILES string of the molecule is CC(=O)c1cccc(NC(=O)c2ccc(Cl)c(S(=O)(=O)Nc3cc(C)ccc3C)c2)c1. The van der Waals surface area contributed by atoms with E-state index in [1.165, 1.54) is 25.1 Å². The average Bonchev–Trinajstić information content (AvgIpc) is 2.71. The molecular weight excluding hydrogens is 436 g/mol. The lowest BCUT2D eigenvalue weighted by Crippen LogP contribution is -2.17. The fourth-order valence-electron chi connectivity index (χ4n) is 2.92. The van der Waals surface area contributed by atoms with E-state index in [4.69, 9.17) is 11.6 Å². The Morgan fingerprint density at radius 3 is 2.35 bits per heavy atom. The lowest BCUT2D eigenvalue weighted by atomic mass is 10.1. The third kappa shape index (κ3) is 5.31. The third-order valence-electron chi connectivity index (χ3n) is 4.65. The molecular formula is C23H21ClN2O4S. The number of sulfonamides is 1. The number of hydrogen-bond acceptors (Lipinski definition) is 4. The van der Waals surface area contributed by atoms with Crippen LogP contribution < -0.4 is 10.0 Å². The molecule has 8 heteroatoms. The number of hydrogen-bond donors (Lipinski definition) is 2. The monoisotopic (exact) mass is 456 g/mol. The number of aryl methyl sites for hydroxylation is 2. The molecule has 1 amide bonds. The summed E-state index contributed by atoms with van der Waals surface area (Å²) in [5, 5.41) is 2.66. The number of nitrogens with one attached hydrogen (secondary N) is 2. The molecule has 6 nitrogen and oxygen atoms in total. The molecule has 0 bridgehead atoms. The summed E-state index contributed by atoms with van der Waals surface area (Å²) in [6.45, 7) is 5.08. The van der Waals surface area contributed by atoms with Crippen LogP contribution in [0.3, 0.4) is 0 Å². The lowest BCUT2D eigenvalue weighted by molar-refractivity contribution is 0.101. The maximum Gasteiger partial charge on any atom is 0.263 e. The van der Waals surface area contributed by atoms with Gasteiger partial charge in [-0.05, 0) is 68.3 Å². The van der Waals surface area contributed by atoms with Crippen LogP contribution in [0.5, 0.6) is 0 Å². The molecule has 3 aromatic rings. The molecule has 3 rings (SSSR count). The fourth-order valence-corrected chi connectivity index (χ4v) is 4.56. The molecule has 0 aliphatic rings. The van der Waals surface area contributed by atoms with Crippen LogP contribution in [0, 0.1) is 13.8 Å². The molecule has 0 unspecified atom stereocenters. The van der Waals surface area contributed by atoms with Crippen LogP contribution in [0.15, 0.2) is 65.6 Å². The Bertz CT molecular complexity index is 1290. The minimum Gasteiger partial charge on any atom is -0.322 e. The fraction of sp³-hybridized carbons (Fsp3) is 0.130. The van der Waals surface area contributed by atoms with Crippen molar-refractivity contribution in [3.63, 3.8) is 0 Å². The highest BCUT2D eigenvalue weighted by Gasteiger charge is 2.21. The summed E-state index contributed by atoms with van der Waals surface area (Å²) in [6, 6.07) is 15.9. The first-order valence-corrected chi connectivity index (χ1v) is 11.2. The van der Waals surface area contributed by atoms with Crippen LogP contribution in [-0.4, -0.2) is 20.1 Å². The van der Waals surface area contributed by atoms with Gasteiger partial charge < -0.3 is 5.32 Å². The highest BCUT2D eigenvalue weighted by molar-refractivity contribution is 7.92. The number of rotatable bonds is 6. The molecule has 0 heterocycles. The van der Waals surface area contributed by atoms with Crippen LogP contribution >= 0.6 is 11.6 Å². The Kier molecular flexibility index (Phi) is 6.48. The number of Topliss-reactive ketones (excluding diaryl/α,β-unsaturated/α-hetero) is 1. The number of anilines is 2. The molecule has 0 aromatic heterocycles. The van der Waals surface area contributed by atoms with Crippen molar-refractivity contribution in [1.29, 1.82) is 0 Å². The van der Waals surface area contributed by atoms with Gasteiger partial charge in [0, 0.05) is 16.8 Å². The predicted octanol–water partition coefficient (Wildman–Crippen LogP) is 5.21. The van der Waals surface area contributed by atoms with E-state index in [1.807, 2.05) is 19.1 Å². The molecule has 0 atom stereocenters. The second kappa shape index (κ2) is 8.91. The first-order chi connectivity index (χ1) is 14.6. The summed E-state index contributed by atoms with van der Waals surface area (Å²) < 4.78 is 28.5. The van der Waals surface area contributed by atoms with Gasteiger partial charge in [-0.15, -0.1) is 0 Å². The Hall–Kier alpha value is -3.16. The van der Waals surface area contributed by atoms with E-state index in [-0.39, 0.29) is 21.3 Å². The molecule has 2 N–H and O–H groups in total. The molecule has 0 spiro atoms. The van der Waals surface area contributed by atoms with E-state index < -0.39 is 15.9 Å². The molecule has 0 saturated carbocycles. The third-order valence-corrected chi connectivity index (χ3v) is 6.49. The van der Waals surface area contributed by atoms with Crippen LogP contribution in [0.4, 0.5) is 11.4 Å². The summed E-state index contributed by atoms with van der Waals surface area (Å²) in [4.78, 5) is 24.0. The van der Waals surface area contributed by atoms with Crippen LogP contribution in [-0.2, 0) is 10.0 Å². The van der Waals surface area contributed by atoms with E-state index >= 15 is 0 Å². The maximum absolute atomic E-state index is 13.0. The number of amides is 1. The minimum absolute atomic E-state index is 0.00654. The van der Waals surface area contributed by atoms with Gasteiger partial charge in [0.25, 0.3) is 15.9 Å². The Morgan fingerprint density at radius 2 is 1.65 bits per heavy atom. The Morgan fingerprint density at radius 1 is 0.903 bits per heavy atom. The van der Waals surface area contributed by atoms with Crippen molar-refractivity contribution in [3.05, 3.63) is 87.9 Å². The number of benzene rings is 3. The molecule has 0 aliphatic heterocycles. The van der Waals surface area contributed by atoms with Gasteiger partial charge in [-0.2, -0.15) is 0 Å². The molecule has 0 saturated heterocycles. The van der Waals surface area contributed by atoms with Gasteiger partial charge in [0.05, 0.1) is 10.7 Å². The van der Waals surface area contributed by atoms with Crippen LogP contribution in [0.25, 0.3) is 0 Å². The van der Waals surface area contributed by atoms with Gasteiger partial charge in [0.2, 0.25) is 0 Å². The molecule has 31 heavy (non-hydrogen) atoms. The summed E-state index contributed by atoms with van der Waals surface area (Å²) in [5.41, 5.74) is 3.08. The van der Waals surface area contributed by atoms with E-state index in [1.54, 1.807) is 37.3 Å². The zero-order valence-corrected chi connectivity index (χ0v) is 18.8. The van der Waals surface area contributed by atoms with Crippen molar-refractivity contribution in [1.82, 2.24) is 0 Å². The predicted molar refractivity (Wildman–Crippen MR) is 123 cm³/mol. The van der Waals surface area contributed by atoms with Gasteiger partial charge in [-0.3, -0.25) is 14.3 Å². The summed E-state index contributed by atoms with van der Waals surface area (Å²) in [7, 11) is -4.04. The topological polar surface area (TPSA) is 92.3 Å². The second-order valence-electron chi connectivity index (χ2n) is 7.16. The zero-order valence-electron chi connectivity index (χ0n) is 17.2. The Balaban J connectivity index is 1.90. The first kappa shape index (κ1) is 22.5. The first-order valence-electron chi connectivity index (χ1n) is 9.39. The average molecular weight is 457 g/mol. The summed E-state index contributed by atoms with van der Waals surface area (Å²) >= 11 is 6.15. The quantitative estimate of drug-likeness (QED) is 0.498. The van der Waals surface area contributed by atoms with Crippen molar-refractivity contribution in [2.45, 2.75) is 25.7 Å². The Labute approximate surface area is 186 Å². The number of carbonyl (C=O) groups excluding carboxylic acids is 2. The van der Waals surface area contributed by atoms with Crippen molar-refractivity contribution in [3.8, 4) is 0 Å². The van der Waals surface area contributed by atoms with Gasteiger partial charge >= 0.3 is 0 Å². The van der Waals surface area contributed by atoms with Crippen LogP contribution in [0.2, 0.25) is 5.02 Å². The molecule has 3 aromatic carbocycles. The zero-order chi connectivity index (χ0) is 22.8. The van der Waals surface area contributed by atoms with E-state index in [9.17, 15) is 18.0 Å². The van der Waals surface area contributed by atoms with E-state index in [2.05, 4.69) is 10.0 Å². The van der Waals surface area contributed by atoms with Gasteiger partial charge in [0.15, 0.2) is 5.78 Å². The molecule has 0 radical (unpaired) electrons. The van der Waals surface area contributed by atoms with Crippen LogP contribution in [0.1, 0.15) is 38.8 Å². The van der Waals surface area contributed by atoms with Gasteiger partial charge in [0.1, 0.15) is 4.90 Å². The standard InChI is InChI=1S/C23H21ClN2O4S/c1-14-7-8-15(2)21(11-14)26-31(29,30)22-13-18(9-10-20(22)24)23(28)25-19-6-4-5-17(12-19)16(3)27/h4-13,26H,1-3H3,(H,25,28). The van der Waals surface area contributed by atoms with Crippen molar-refractivity contribution < 1.29 is 18.0 Å². The molecule has 160 valence electrons. The van der Waals surface area contributed by atoms with Gasteiger partial charge in [-0.1, -0.05) is 35.9 Å². The highest BCUT2D eigenvalue weighted by atomic mass is 35.5.